The standard InChI is InChI=1S/C11H13NO2S/c1-2-3-9-11(12(13)14)15-10-7-5-4-6-8-10/h4-9H,2-3H2,1H3/b11-9-. The summed E-state index contributed by atoms with van der Waals surface area (Å²) >= 11 is 1.20. The molecule has 0 radical (unpaired) electrons. The highest BCUT2D eigenvalue weighted by molar-refractivity contribution is 8.02. The van der Waals surface area contributed by atoms with Gasteiger partial charge in [-0.3, -0.25) is 10.1 Å². The van der Waals surface area contributed by atoms with Gasteiger partial charge in [0.05, 0.1) is 4.92 Å². The molecule has 0 heterocycles. The summed E-state index contributed by atoms with van der Waals surface area (Å²) in [6.07, 6.45) is 3.35. The monoisotopic (exact) mass is 223 g/mol. The molecule has 0 aliphatic carbocycles. The summed E-state index contributed by atoms with van der Waals surface area (Å²) < 4.78 is 0. The Bertz CT molecular complexity index is 349. The van der Waals surface area contributed by atoms with Crippen molar-refractivity contribution in [2.24, 2.45) is 0 Å². The van der Waals surface area contributed by atoms with E-state index in [0.29, 0.717) is 0 Å². The van der Waals surface area contributed by atoms with Crippen LogP contribution >= 0.6 is 11.8 Å². The van der Waals surface area contributed by atoms with E-state index < -0.39 is 0 Å². The number of thioether (sulfide) groups is 1. The number of allylic oxidation sites excluding steroid dienone is 1. The highest BCUT2D eigenvalue weighted by Crippen LogP contribution is 2.26. The average molecular weight is 223 g/mol. The predicted octanol–water partition coefficient (Wildman–Crippen LogP) is 3.70. The second kappa shape index (κ2) is 6.24. The molecule has 0 atom stereocenters. The molecule has 3 nitrogen and oxygen atoms in total. The molecule has 1 aromatic carbocycles. The van der Waals surface area contributed by atoms with E-state index in [2.05, 4.69) is 0 Å². The Labute approximate surface area is 93.3 Å². The van der Waals surface area contributed by atoms with Crippen LogP contribution in [-0.2, 0) is 0 Å². The molecule has 1 aromatic rings. The van der Waals surface area contributed by atoms with Crippen LogP contribution < -0.4 is 0 Å². The lowest BCUT2D eigenvalue weighted by Crippen LogP contribution is -1.94. The van der Waals surface area contributed by atoms with Gasteiger partial charge in [0.15, 0.2) is 0 Å². The normalized spacial score (nSPS) is 11.4. The third-order valence-corrected chi connectivity index (χ3v) is 2.79. The largest absolute Gasteiger partial charge is 0.303 e. The van der Waals surface area contributed by atoms with E-state index in [1.54, 1.807) is 6.08 Å². The first-order valence-electron chi connectivity index (χ1n) is 4.81. The summed E-state index contributed by atoms with van der Waals surface area (Å²) in [6.45, 7) is 2.00. The molecule has 0 aliphatic rings. The molecule has 0 saturated carbocycles. The molecule has 4 heteroatoms. The van der Waals surface area contributed by atoms with Crippen LogP contribution in [0.25, 0.3) is 0 Å². The Hall–Kier alpha value is -1.29. The van der Waals surface area contributed by atoms with Crippen LogP contribution in [-0.4, -0.2) is 4.92 Å². The Balaban J connectivity index is 2.72. The van der Waals surface area contributed by atoms with E-state index in [4.69, 9.17) is 0 Å². The van der Waals surface area contributed by atoms with Crippen molar-refractivity contribution in [1.29, 1.82) is 0 Å². The fourth-order valence-electron chi connectivity index (χ4n) is 1.03. The second-order valence-corrected chi connectivity index (χ2v) is 4.10. The minimum absolute atomic E-state index is 0.211. The lowest BCUT2D eigenvalue weighted by molar-refractivity contribution is -0.410. The van der Waals surface area contributed by atoms with Gasteiger partial charge >= 0.3 is 5.03 Å². The van der Waals surface area contributed by atoms with Crippen LogP contribution in [0.5, 0.6) is 0 Å². The average Bonchev–Trinajstić information content (AvgIpc) is 2.25. The number of rotatable bonds is 5. The fourth-order valence-corrected chi connectivity index (χ4v) is 1.84. The van der Waals surface area contributed by atoms with Crippen LogP contribution in [0.1, 0.15) is 19.8 Å². The topological polar surface area (TPSA) is 43.1 Å². The van der Waals surface area contributed by atoms with Gasteiger partial charge in [-0.15, -0.1) is 0 Å². The zero-order valence-corrected chi connectivity index (χ0v) is 9.37. The molecule has 15 heavy (non-hydrogen) atoms. The summed E-state index contributed by atoms with van der Waals surface area (Å²) in [5.41, 5.74) is 0. The smallest absolute Gasteiger partial charge is 0.258 e. The van der Waals surface area contributed by atoms with Gasteiger partial charge in [0, 0.05) is 11.0 Å². The maximum Gasteiger partial charge on any atom is 0.303 e. The molecule has 0 aromatic heterocycles. The van der Waals surface area contributed by atoms with Crippen molar-refractivity contribution in [3.63, 3.8) is 0 Å². The van der Waals surface area contributed by atoms with Gasteiger partial charge in [-0.1, -0.05) is 31.5 Å². The number of hydrogen-bond donors (Lipinski definition) is 0. The summed E-state index contributed by atoms with van der Waals surface area (Å²) in [6, 6.07) is 9.38. The Morgan fingerprint density at radius 3 is 2.67 bits per heavy atom. The van der Waals surface area contributed by atoms with Crippen molar-refractivity contribution in [2.75, 3.05) is 0 Å². The van der Waals surface area contributed by atoms with E-state index in [0.717, 1.165) is 17.7 Å². The van der Waals surface area contributed by atoms with Gasteiger partial charge in [0.1, 0.15) is 0 Å². The van der Waals surface area contributed by atoms with Crippen molar-refractivity contribution < 1.29 is 4.92 Å². The first kappa shape index (κ1) is 11.8. The van der Waals surface area contributed by atoms with Crippen LogP contribution in [0.15, 0.2) is 46.3 Å². The lowest BCUT2D eigenvalue weighted by Gasteiger charge is -1.98. The van der Waals surface area contributed by atoms with Crippen LogP contribution in [0, 0.1) is 10.1 Å². The van der Waals surface area contributed by atoms with Crippen LogP contribution in [0.4, 0.5) is 0 Å². The zero-order valence-electron chi connectivity index (χ0n) is 8.55. The molecular weight excluding hydrogens is 210 g/mol. The Morgan fingerprint density at radius 2 is 2.13 bits per heavy atom. The molecule has 1 rings (SSSR count). The summed E-state index contributed by atoms with van der Waals surface area (Å²) in [7, 11) is 0. The van der Waals surface area contributed by atoms with Crippen molar-refractivity contribution >= 4 is 11.8 Å². The van der Waals surface area contributed by atoms with Gasteiger partial charge in [-0.25, -0.2) is 0 Å². The van der Waals surface area contributed by atoms with Crippen LogP contribution in [0.3, 0.4) is 0 Å². The Kier molecular flexibility index (Phi) is 4.90. The molecule has 0 aliphatic heterocycles. The third kappa shape index (κ3) is 4.16. The number of unbranched alkanes of at least 4 members (excludes halogenated alkanes) is 1. The molecule has 0 saturated heterocycles. The Morgan fingerprint density at radius 1 is 1.47 bits per heavy atom. The molecule has 0 bridgehead atoms. The fraction of sp³-hybridized carbons (Fsp3) is 0.273. The van der Waals surface area contributed by atoms with Crippen molar-refractivity contribution in [2.45, 2.75) is 24.7 Å². The van der Waals surface area contributed by atoms with E-state index in [1.165, 1.54) is 11.8 Å². The third-order valence-electron chi connectivity index (χ3n) is 1.75. The predicted molar refractivity (Wildman–Crippen MR) is 62.3 cm³/mol. The van der Waals surface area contributed by atoms with Gasteiger partial charge in [0.25, 0.3) is 0 Å². The van der Waals surface area contributed by atoms with E-state index in [9.17, 15) is 10.1 Å². The molecule has 80 valence electrons. The number of nitro groups is 1. The first-order chi connectivity index (χ1) is 7.24. The minimum atomic E-state index is -0.326. The number of hydrogen-bond acceptors (Lipinski definition) is 3. The SMILES string of the molecule is CCC/C=C(\Sc1ccccc1)[N+](=O)[O-]. The zero-order chi connectivity index (χ0) is 11.1. The highest BCUT2D eigenvalue weighted by atomic mass is 32.2. The van der Waals surface area contributed by atoms with E-state index >= 15 is 0 Å². The van der Waals surface area contributed by atoms with Gasteiger partial charge < -0.3 is 0 Å². The van der Waals surface area contributed by atoms with Crippen molar-refractivity contribution in [1.82, 2.24) is 0 Å². The molecular formula is C11H13NO2S. The molecule has 0 amide bonds. The first-order valence-corrected chi connectivity index (χ1v) is 5.63. The lowest BCUT2D eigenvalue weighted by atomic mass is 10.3. The summed E-state index contributed by atoms with van der Waals surface area (Å²) in [5, 5.41) is 10.9. The maximum absolute atomic E-state index is 10.7. The molecule has 0 unspecified atom stereocenters. The molecule has 0 spiro atoms. The van der Waals surface area contributed by atoms with Crippen LogP contribution in [0.2, 0.25) is 0 Å². The van der Waals surface area contributed by atoms with Crippen molar-refractivity contribution in [3.8, 4) is 0 Å². The van der Waals surface area contributed by atoms with E-state index in [-0.39, 0.29) is 9.95 Å². The second-order valence-electron chi connectivity index (χ2n) is 3.00. The number of nitrogens with zero attached hydrogens (tertiary/aromatic N) is 1. The van der Waals surface area contributed by atoms with Gasteiger partial charge in [0.2, 0.25) is 0 Å². The van der Waals surface area contributed by atoms with Gasteiger partial charge in [-0.2, -0.15) is 0 Å². The van der Waals surface area contributed by atoms with E-state index in [1.807, 2.05) is 37.3 Å². The van der Waals surface area contributed by atoms with Crippen molar-refractivity contribution in [3.05, 3.63) is 51.6 Å². The summed E-state index contributed by atoms with van der Waals surface area (Å²) in [5.74, 6) is 0. The highest BCUT2D eigenvalue weighted by Gasteiger charge is 2.11. The maximum atomic E-state index is 10.7. The molecule has 0 fully saturated rings. The minimum Gasteiger partial charge on any atom is -0.258 e. The van der Waals surface area contributed by atoms with Gasteiger partial charge in [-0.05, 0) is 30.3 Å². The number of benzene rings is 1. The summed E-state index contributed by atoms with van der Waals surface area (Å²) in [4.78, 5) is 11.3. The quantitative estimate of drug-likeness (QED) is 0.434. The molecule has 0 N–H and O–H groups in total.